The lowest BCUT2D eigenvalue weighted by atomic mass is 10.3. The van der Waals surface area contributed by atoms with E-state index in [9.17, 15) is 9.59 Å². The minimum Gasteiger partial charge on any atom is -0.477 e. The van der Waals surface area contributed by atoms with Gasteiger partial charge in [-0.15, -0.1) is 0 Å². The third kappa shape index (κ3) is 3.60. The molecule has 0 aromatic carbocycles. The van der Waals surface area contributed by atoms with Crippen LogP contribution < -0.4 is 5.32 Å². The number of nitrogens with one attached hydrogen (secondary N) is 1. The predicted octanol–water partition coefficient (Wildman–Crippen LogP) is 1.00. The Kier molecular flexibility index (Phi) is 4.20. The summed E-state index contributed by atoms with van der Waals surface area (Å²) in [7, 11) is 0. The zero-order valence-corrected chi connectivity index (χ0v) is 10.6. The third-order valence-corrected chi connectivity index (χ3v) is 2.37. The number of nitrogens with zero attached hydrogens (tertiary/aromatic N) is 3. The second kappa shape index (κ2) is 6.24. The maximum absolute atomic E-state index is 10.7. The molecule has 0 saturated carbocycles. The third-order valence-electron chi connectivity index (χ3n) is 2.37. The summed E-state index contributed by atoms with van der Waals surface area (Å²) in [5.74, 6) is -2.50. The summed E-state index contributed by atoms with van der Waals surface area (Å²) < 4.78 is 0. The Labute approximate surface area is 118 Å². The molecule has 0 aliphatic heterocycles. The number of carboxylic acids is 2. The Hall–Kier alpha value is -3.29. The molecule has 0 saturated heterocycles. The molecule has 0 amide bonds. The lowest BCUT2D eigenvalue weighted by Gasteiger charge is -2.03. The smallest absolute Gasteiger partial charge is 0.344 e. The average Bonchev–Trinajstić information content (AvgIpc) is 2.48. The van der Waals surface area contributed by atoms with Crippen LogP contribution in [0.15, 0.2) is 48.4 Å². The lowest BCUT2D eigenvalue weighted by molar-refractivity contribution is -0.140. The molecule has 0 radical (unpaired) electrons. The molecule has 2 rings (SSSR count). The van der Waals surface area contributed by atoms with E-state index in [0.717, 1.165) is 6.20 Å². The molecule has 0 spiro atoms. The van der Waals surface area contributed by atoms with Crippen molar-refractivity contribution in [1.82, 2.24) is 15.0 Å². The van der Waals surface area contributed by atoms with E-state index in [4.69, 9.17) is 10.2 Å². The van der Waals surface area contributed by atoms with Crippen LogP contribution in [0.2, 0.25) is 0 Å². The molecular formula is C13H10N4O4. The maximum atomic E-state index is 10.7. The maximum Gasteiger partial charge on any atom is 0.344 e. The molecule has 2 heterocycles. The van der Waals surface area contributed by atoms with Gasteiger partial charge in [-0.05, 0) is 18.2 Å². The highest BCUT2D eigenvalue weighted by Crippen LogP contribution is 2.13. The minimum atomic E-state index is -1.55. The van der Waals surface area contributed by atoms with Gasteiger partial charge in [-0.3, -0.25) is 4.98 Å². The molecule has 0 aliphatic rings. The van der Waals surface area contributed by atoms with Crippen molar-refractivity contribution in [3.8, 4) is 11.5 Å². The summed E-state index contributed by atoms with van der Waals surface area (Å²) in [6, 6.07) is 6.72. The normalized spacial score (nSPS) is 9.71. The van der Waals surface area contributed by atoms with Gasteiger partial charge >= 0.3 is 11.9 Å². The van der Waals surface area contributed by atoms with Gasteiger partial charge in [0.25, 0.3) is 0 Å². The fraction of sp³-hybridized carbons (Fsp3) is 0. The Morgan fingerprint density at radius 1 is 1.05 bits per heavy atom. The summed E-state index contributed by atoms with van der Waals surface area (Å²) in [5, 5.41) is 20.0. The zero-order valence-electron chi connectivity index (χ0n) is 10.6. The number of carboxylic acid groups (broad SMARTS) is 2. The number of rotatable bonds is 5. The number of aliphatic carboxylic acids is 2. The van der Waals surface area contributed by atoms with E-state index in [1.165, 1.54) is 12.3 Å². The van der Waals surface area contributed by atoms with Crippen molar-refractivity contribution < 1.29 is 19.8 Å². The molecule has 0 bridgehead atoms. The van der Waals surface area contributed by atoms with E-state index in [1.54, 1.807) is 24.4 Å². The molecule has 106 valence electrons. The number of hydrogen-bond acceptors (Lipinski definition) is 6. The highest BCUT2D eigenvalue weighted by atomic mass is 16.4. The van der Waals surface area contributed by atoms with Crippen molar-refractivity contribution in [2.75, 3.05) is 5.32 Å². The summed E-state index contributed by atoms with van der Waals surface area (Å²) in [6.45, 7) is 0. The SMILES string of the molecule is O=C(O)C(=CNc1ccnc(-c2ccccn2)n1)C(=O)O. The number of hydrogen-bond donors (Lipinski definition) is 3. The molecule has 2 aromatic heterocycles. The zero-order chi connectivity index (χ0) is 15.2. The first-order valence-corrected chi connectivity index (χ1v) is 5.75. The highest BCUT2D eigenvalue weighted by Gasteiger charge is 2.15. The molecule has 8 heteroatoms. The van der Waals surface area contributed by atoms with Gasteiger partial charge < -0.3 is 15.5 Å². The van der Waals surface area contributed by atoms with Crippen molar-refractivity contribution in [3.05, 3.63) is 48.4 Å². The number of aromatic nitrogens is 3. The van der Waals surface area contributed by atoms with Crippen LogP contribution in [0.5, 0.6) is 0 Å². The minimum absolute atomic E-state index is 0.255. The van der Waals surface area contributed by atoms with Crippen molar-refractivity contribution in [2.45, 2.75) is 0 Å². The van der Waals surface area contributed by atoms with Crippen LogP contribution in [0.4, 0.5) is 5.82 Å². The molecule has 2 aromatic rings. The first kappa shape index (κ1) is 14.1. The Bertz CT molecular complexity index is 684. The average molecular weight is 286 g/mol. The van der Waals surface area contributed by atoms with E-state index in [-0.39, 0.29) is 5.82 Å². The van der Waals surface area contributed by atoms with Crippen LogP contribution in [0.1, 0.15) is 0 Å². The second-order valence-electron chi connectivity index (χ2n) is 3.79. The number of anilines is 1. The topological polar surface area (TPSA) is 125 Å². The van der Waals surface area contributed by atoms with E-state index < -0.39 is 17.5 Å². The largest absolute Gasteiger partial charge is 0.477 e. The van der Waals surface area contributed by atoms with Crippen molar-refractivity contribution >= 4 is 17.8 Å². The summed E-state index contributed by atoms with van der Waals surface area (Å²) >= 11 is 0. The van der Waals surface area contributed by atoms with Gasteiger partial charge in [-0.1, -0.05) is 6.07 Å². The van der Waals surface area contributed by atoms with Crippen molar-refractivity contribution in [2.24, 2.45) is 0 Å². The van der Waals surface area contributed by atoms with Crippen molar-refractivity contribution in [1.29, 1.82) is 0 Å². The number of carbonyl (C=O) groups is 2. The van der Waals surface area contributed by atoms with Crippen LogP contribution >= 0.6 is 0 Å². The van der Waals surface area contributed by atoms with Crippen molar-refractivity contribution in [3.63, 3.8) is 0 Å². The Balaban J connectivity index is 2.25. The van der Waals surface area contributed by atoms with E-state index in [1.807, 2.05) is 0 Å². The monoisotopic (exact) mass is 286 g/mol. The molecular weight excluding hydrogens is 276 g/mol. The quantitative estimate of drug-likeness (QED) is 0.422. The number of pyridine rings is 1. The lowest BCUT2D eigenvalue weighted by Crippen LogP contribution is -2.13. The van der Waals surface area contributed by atoms with E-state index in [0.29, 0.717) is 11.5 Å². The fourth-order valence-electron chi connectivity index (χ4n) is 1.42. The standard InChI is InChI=1S/C13H10N4O4/c18-12(19)8(13(20)21)7-16-10-4-6-15-11(17-10)9-3-1-2-5-14-9/h1-7H,(H,18,19)(H,20,21)(H,15,16,17). The first-order chi connectivity index (χ1) is 10.1. The molecule has 0 atom stereocenters. The molecule has 0 aliphatic carbocycles. The Morgan fingerprint density at radius 3 is 2.43 bits per heavy atom. The van der Waals surface area contributed by atoms with Gasteiger partial charge in [0.1, 0.15) is 11.5 Å². The van der Waals surface area contributed by atoms with Crippen LogP contribution in [0.25, 0.3) is 11.5 Å². The van der Waals surface area contributed by atoms with Gasteiger partial charge in [0, 0.05) is 18.6 Å². The van der Waals surface area contributed by atoms with Gasteiger partial charge in [0.2, 0.25) is 0 Å². The second-order valence-corrected chi connectivity index (χ2v) is 3.79. The molecule has 0 unspecified atom stereocenters. The first-order valence-electron chi connectivity index (χ1n) is 5.75. The summed E-state index contributed by atoms with van der Waals surface area (Å²) in [5.41, 5.74) is -0.255. The van der Waals surface area contributed by atoms with Crippen LogP contribution in [0, 0.1) is 0 Å². The van der Waals surface area contributed by atoms with Gasteiger partial charge in [0.15, 0.2) is 11.4 Å². The fourth-order valence-corrected chi connectivity index (χ4v) is 1.42. The molecule has 0 fully saturated rings. The van der Waals surface area contributed by atoms with Gasteiger partial charge in [0.05, 0.1) is 0 Å². The van der Waals surface area contributed by atoms with E-state index in [2.05, 4.69) is 20.3 Å². The Morgan fingerprint density at radius 2 is 1.81 bits per heavy atom. The highest BCUT2D eigenvalue weighted by molar-refractivity contribution is 6.12. The molecule has 3 N–H and O–H groups in total. The van der Waals surface area contributed by atoms with Gasteiger partial charge in [-0.2, -0.15) is 0 Å². The summed E-state index contributed by atoms with van der Waals surface area (Å²) in [4.78, 5) is 33.7. The van der Waals surface area contributed by atoms with Gasteiger partial charge in [-0.25, -0.2) is 19.6 Å². The van der Waals surface area contributed by atoms with Crippen LogP contribution in [-0.4, -0.2) is 37.1 Å². The molecule has 8 nitrogen and oxygen atoms in total. The molecule has 21 heavy (non-hydrogen) atoms. The van der Waals surface area contributed by atoms with Crippen LogP contribution in [-0.2, 0) is 9.59 Å². The van der Waals surface area contributed by atoms with E-state index >= 15 is 0 Å². The summed E-state index contributed by atoms with van der Waals surface area (Å²) in [6.07, 6.45) is 3.90. The van der Waals surface area contributed by atoms with Crippen LogP contribution in [0.3, 0.4) is 0 Å². The predicted molar refractivity (Wildman–Crippen MR) is 72.2 cm³/mol.